The normalized spacial score (nSPS) is 15.5. The quantitative estimate of drug-likeness (QED) is 0.354. The maximum atomic E-state index is 14.3. The minimum absolute atomic E-state index is 0.0516. The van der Waals surface area contributed by atoms with Crippen molar-refractivity contribution < 1.29 is 33.0 Å². The van der Waals surface area contributed by atoms with Crippen LogP contribution in [0.3, 0.4) is 0 Å². The largest absolute Gasteiger partial charge is 0.496 e. The highest BCUT2D eigenvalue weighted by atomic mass is 19.1. The second-order valence-corrected chi connectivity index (χ2v) is 10.3. The van der Waals surface area contributed by atoms with Crippen LogP contribution in [0, 0.1) is 12.7 Å². The molecule has 3 aromatic rings. The summed E-state index contributed by atoms with van der Waals surface area (Å²) in [5.74, 6) is -1.09. The third kappa shape index (κ3) is 7.49. The van der Waals surface area contributed by atoms with E-state index in [1.54, 1.807) is 31.2 Å². The van der Waals surface area contributed by atoms with Gasteiger partial charge in [0.2, 0.25) is 0 Å². The molecule has 1 aliphatic rings. The van der Waals surface area contributed by atoms with E-state index in [2.05, 4.69) is 5.32 Å². The molecule has 0 radical (unpaired) electrons. The average Bonchev–Trinajstić information content (AvgIpc) is 3.30. The van der Waals surface area contributed by atoms with Gasteiger partial charge in [-0.25, -0.2) is 14.1 Å². The number of ether oxygens (including phenoxy) is 3. The molecule has 1 N–H and O–H groups in total. The van der Waals surface area contributed by atoms with Gasteiger partial charge in [0.1, 0.15) is 24.3 Å². The van der Waals surface area contributed by atoms with Crippen molar-refractivity contribution >= 4 is 17.9 Å². The summed E-state index contributed by atoms with van der Waals surface area (Å²) >= 11 is 0. The van der Waals surface area contributed by atoms with Gasteiger partial charge in [-0.05, 0) is 62.1 Å². The van der Waals surface area contributed by atoms with Gasteiger partial charge in [-0.3, -0.25) is 9.59 Å². The Labute approximate surface area is 239 Å². The number of methoxy groups -OCH3 is 1. The number of hydrogen-bond donors (Lipinski definition) is 1. The third-order valence-electron chi connectivity index (χ3n) is 6.80. The SMILES string of the molecule is COc1ccc(CC(OC(C)C)C(=O)N2C(=O)OCC2Cc2ccccc2)cc1CNC(=O)c1ccc(C)cc1F. The zero-order valence-electron chi connectivity index (χ0n) is 23.7. The Kier molecular flexibility index (Phi) is 9.73. The number of nitrogens with zero attached hydrogens (tertiary/aromatic N) is 1. The fourth-order valence-electron chi connectivity index (χ4n) is 4.83. The van der Waals surface area contributed by atoms with E-state index in [9.17, 15) is 18.8 Å². The molecule has 1 heterocycles. The van der Waals surface area contributed by atoms with E-state index in [0.29, 0.717) is 17.7 Å². The van der Waals surface area contributed by atoms with Crippen LogP contribution >= 0.6 is 0 Å². The van der Waals surface area contributed by atoms with Crippen molar-refractivity contribution in [2.24, 2.45) is 0 Å². The fourth-order valence-corrected chi connectivity index (χ4v) is 4.83. The summed E-state index contributed by atoms with van der Waals surface area (Å²) < 4.78 is 31.0. The van der Waals surface area contributed by atoms with E-state index in [4.69, 9.17) is 14.2 Å². The molecule has 216 valence electrons. The Morgan fingerprint density at radius 1 is 1.07 bits per heavy atom. The zero-order chi connectivity index (χ0) is 29.5. The van der Waals surface area contributed by atoms with Crippen LogP contribution in [0.4, 0.5) is 9.18 Å². The van der Waals surface area contributed by atoms with Crippen LogP contribution in [-0.2, 0) is 33.7 Å². The highest BCUT2D eigenvalue weighted by molar-refractivity contribution is 5.96. The van der Waals surface area contributed by atoms with Gasteiger partial charge in [-0.2, -0.15) is 0 Å². The summed E-state index contributed by atoms with van der Waals surface area (Å²) in [7, 11) is 1.51. The van der Waals surface area contributed by atoms with Crippen molar-refractivity contribution in [1.29, 1.82) is 0 Å². The van der Waals surface area contributed by atoms with Crippen LogP contribution in [0.15, 0.2) is 66.7 Å². The first kappa shape index (κ1) is 29.7. The number of carbonyl (C=O) groups excluding carboxylic acids is 3. The Bertz CT molecular complexity index is 1390. The number of hydrogen-bond acceptors (Lipinski definition) is 6. The minimum Gasteiger partial charge on any atom is -0.496 e. The number of benzene rings is 3. The maximum absolute atomic E-state index is 14.3. The molecule has 0 aliphatic carbocycles. The molecule has 1 fully saturated rings. The van der Waals surface area contributed by atoms with Crippen molar-refractivity contribution in [2.45, 2.75) is 58.4 Å². The lowest BCUT2D eigenvalue weighted by molar-refractivity contribution is -0.144. The summed E-state index contributed by atoms with van der Waals surface area (Å²) in [6.07, 6.45) is -1.26. The lowest BCUT2D eigenvalue weighted by Gasteiger charge is -2.26. The van der Waals surface area contributed by atoms with E-state index < -0.39 is 35.9 Å². The summed E-state index contributed by atoms with van der Waals surface area (Å²) in [6, 6.07) is 18.9. The molecule has 9 heteroatoms. The van der Waals surface area contributed by atoms with Crippen molar-refractivity contribution in [1.82, 2.24) is 10.2 Å². The van der Waals surface area contributed by atoms with Crippen LogP contribution in [0.1, 0.15) is 46.5 Å². The van der Waals surface area contributed by atoms with Gasteiger partial charge in [-0.1, -0.05) is 48.5 Å². The predicted octanol–water partition coefficient (Wildman–Crippen LogP) is 5.00. The van der Waals surface area contributed by atoms with Crippen LogP contribution in [-0.4, -0.2) is 54.8 Å². The Balaban J connectivity index is 1.51. The Morgan fingerprint density at radius 3 is 2.51 bits per heavy atom. The minimum atomic E-state index is -0.948. The molecule has 1 saturated heterocycles. The average molecular weight is 563 g/mol. The van der Waals surface area contributed by atoms with Crippen LogP contribution < -0.4 is 10.1 Å². The highest BCUT2D eigenvalue weighted by Gasteiger charge is 2.41. The molecule has 0 aromatic heterocycles. The number of amides is 3. The summed E-state index contributed by atoms with van der Waals surface area (Å²) in [4.78, 5) is 40.2. The molecule has 0 bridgehead atoms. The van der Waals surface area contributed by atoms with E-state index in [0.717, 1.165) is 16.7 Å². The summed E-state index contributed by atoms with van der Waals surface area (Å²) in [5.41, 5.74) is 3.04. The first-order valence-electron chi connectivity index (χ1n) is 13.6. The first-order chi connectivity index (χ1) is 19.7. The second-order valence-electron chi connectivity index (χ2n) is 10.3. The molecule has 1 aliphatic heterocycles. The number of cyclic esters (lactones) is 1. The number of rotatable bonds is 11. The molecule has 3 aromatic carbocycles. The van der Waals surface area contributed by atoms with Gasteiger partial charge in [0.05, 0.1) is 24.8 Å². The third-order valence-corrected chi connectivity index (χ3v) is 6.80. The molecule has 4 rings (SSSR count). The Hall–Kier alpha value is -4.24. The first-order valence-corrected chi connectivity index (χ1v) is 13.6. The van der Waals surface area contributed by atoms with E-state index in [-0.39, 0.29) is 31.2 Å². The van der Waals surface area contributed by atoms with Crippen LogP contribution in [0.25, 0.3) is 0 Å². The predicted molar refractivity (Wildman–Crippen MR) is 151 cm³/mol. The molecule has 2 unspecified atom stereocenters. The van der Waals surface area contributed by atoms with Crippen LogP contribution in [0.2, 0.25) is 0 Å². The molecule has 0 spiro atoms. The second kappa shape index (κ2) is 13.4. The van der Waals surface area contributed by atoms with E-state index >= 15 is 0 Å². The number of nitrogens with one attached hydrogen (secondary N) is 1. The summed E-state index contributed by atoms with van der Waals surface area (Å²) in [5, 5.41) is 2.74. The van der Waals surface area contributed by atoms with E-state index in [1.165, 1.54) is 24.1 Å². The lowest BCUT2D eigenvalue weighted by Crippen LogP contribution is -2.47. The van der Waals surface area contributed by atoms with Crippen molar-refractivity contribution in [3.8, 4) is 5.75 Å². The zero-order valence-corrected chi connectivity index (χ0v) is 23.7. The molecule has 2 atom stereocenters. The number of carbonyl (C=O) groups is 3. The van der Waals surface area contributed by atoms with Crippen molar-refractivity contribution in [3.63, 3.8) is 0 Å². The molecule has 0 saturated carbocycles. The fraction of sp³-hybridized carbons (Fsp3) is 0.344. The smallest absolute Gasteiger partial charge is 0.417 e. The molecule has 3 amide bonds. The maximum Gasteiger partial charge on any atom is 0.417 e. The number of aryl methyl sites for hydroxylation is 1. The van der Waals surface area contributed by atoms with Crippen LogP contribution in [0.5, 0.6) is 5.75 Å². The monoisotopic (exact) mass is 562 g/mol. The van der Waals surface area contributed by atoms with E-state index in [1.807, 2.05) is 44.2 Å². The molecule has 41 heavy (non-hydrogen) atoms. The summed E-state index contributed by atoms with van der Waals surface area (Å²) in [6.45, 7) is 5.58. The van der Waals surface area contributed by atoms with Gasteiger partial charge in [0.25, 0.3) is 11.8 Å². The van der Waals surface area contributed by atoms with Gasteiger partial charge in [0.15, 0.2) is 0 Å². The van der Waals surface area contributed by atoms with Crippen molar-refractivity contribution in [2.75, 3.05) is 13.7 Å². The highest BCUT2D eigenvalue weighted by Crippen LogP contribution is 2.24. The van der Waals surface area contributed by atoms with Gasteiger partial charge in [0, 0.05) is 18.5 Å². The van der Waals surface area contributed by atoms with Gasteiger partial charge < -0.3 is 19.5 Å². The molecular weight excluding hydrogens is 527 g/mol. The molecule has 8 nitrogen and oxygen atoms in total. The Morgan fingerprint density at radius 2 is 1.83 bits per heavy atom. The van der Waals surface area contributed by atoms with Gasteiger partial charge in [-0.15, -0.1) is 0 Å². The molecular formula is C32H35FN2O6. The van der Waals surface area contributed by atoms with Crippen molar-refractivity contribution in [3.05, 3.63) is 100 Å². The topological polar surface area (TPSA) is 94.2 Å². The number of imide groups is 1. The standard InChI is InChI=1S/C32H35FN2O6/c1-20(2)41-29(31(37)35-25(19-40-32(35)38)16-22-8-6-5-7-9-22)17-23-11-13-28(39-4)24(15-23)18-34-30(36)26-12-10-21(3)14-27(26)33/h5-15,20,25,29H,16-19H2,1-4H3,(H,34,36). The van der Waals surface area contributed by atoms with Gasteiger partial charge >= 0.3 is 6.09 Å². The number of halogens is 1. The lowest BCUT2D eigenvalue weighted by atomic mass is 10.0.